The summed E-state index contributed by atoms with van der Waals surface area (Å²) in [6.07, 6.45) is 8.66. The maximum Gasteiger partial charge on any atom is 0.371 e. The second-order valence-corrected chi connectivity index (χ2v) is 31.8. The molecule has 16 rings (SSSR count). The van der Waals surface area contributed by atoms with E-state index in [1.54, 1.807) is 96.3 Å². The molecule has 1 aliphatic carbocycles. The molecule has 0 amide bonds. The van der Waals surface area contributed by atoms with Crippen LogP contribution in [0.1, 0.15) is 146 Å². The number of halogens is 1. The topological polar surface area (TPSA) is 369 Å². The number of ether oxygens (including phenoxy) is 5. The van der Waals surface area contributed by atoms with Crippen molar-refractivity contribution in [1.29, 1.82) is 0 Å². The van der Waals surface area contributed by atoms with E-state index in [-0.39, 0.29) is 34.2 Å². The van der Waals surface area contributed by atoms with Gasteiger partial charge in [0, 0.05) is 68.0 Å². The van der Waals surface area contributed by atoms with Crippen LogP contribution in [-0.4, -0.2) is 120 Å². The monoisotopic (exact) mass is 1700 g/mol. The Labute approximate surface area is 718 Å². The number of carboxylic acid groups (broad SMARTS) is 7. The molecule has 0 saturated carbocycles. The number of aliphatic imine (C=N–C) groups is 1. The number of para-hydroxylation sites is 2. The average Bonchev–Trinajstić information content (AvgIpc) is 1.59. The molecule has 0 bridgehead atoms. The third-order valence-corrected chi connectivity index (χ3v) is 22.6. The van der Waals surface area contributed by atoms with Crippen molar-refractivity contribution in [1.82, 2.24) is 5.32 Å². The second kappa shape index (κ2) is 42.0. The SMILES string of the molecule is CC(C)(C)c1ccc2c(c1)/C(=C/C(=O)O)C(C)(c1ccccc1)S2.CCOC1N=C(Cl)N/C(=C(/C)C(=O)O)c2ccccc21.CCc1ccc2c(c1)/C(=C/C(=O)O)CO2.O=C(O)/C(=C1\C(=O)Oc2ccccc21)c1ccccc1.O=C(O)/C(O)=C1\CCc2ccccc21.O=C(O)/C=C1\CCCSc2ccccc21.O=C(O)/C=C1\OCOc2ccccc21. The summed E-state index contributed by atoms with van der Waals surface area (Å²) in [5.74, 6) is -5.07. The lowest BCUT2D eigenvalue weighted by Gasteiger charge is -2.26. The molecule has 122 heavy (non-hydrogen) atoms. The molecule has 628 valence electrons. The first-order valence-corrected chi connectivity index (χ1v) is 40.8. The number of fused-ring (bicyclic) bond motifs is 7. The predicted octanol–water partition coefficient (Wildman–Crippen LogP) is 19.4. The molecule has 0 fully saturated rings. The number of carboxylic acids is 7. The Balaban J connectivity index is 0.000000150. The lowest BCUT2D eigenvalue weighted by Crippen LogP contribution is -2.19. The van der Waals surface area contributed by atoms with Gasteiger partial charge < -0.3 is 69.9 Å². The van der Waals surface area contributed by atoms with Crippen molar-refractivity contribution in [2.45, 2.75) is 107 Å². The minimum Gasteiger partial charge on any atom is -0.502 e. The summed E-state index contributed by atoms with van der Waals surface area (Å²) in [6, 6.07) is 67.9. The minimum absolute atomic E-state index is 0.0275. The second-order valence-electron chi connectivity index (χ2n) is 28.9. The van der Waals surface area contributed by atoms with Crippen molar-refractivity contribution in [2.75, 3.05) is 25.8 Å². The first-order chi connectivity index (χ1) is 58.4. The van der Waals surface area contributed by atoms with Crippen molar-refractivity contribution < 1.29 is 103 Å². The van der Waals surface area contributed by atoms with E-state index in [4.69, 9.17) is 55.7 Å². The van der Waals surface area contributed by atoms with Crippen LogP contribution in [0.15, 0.2) is 269 Å². The number of aliphatic carboxylic acids is 7. The van der Waals surface area contributed by atoms with Gasteiger partial charge in [-0.3, -0.25) is 0 Å². The number of amidine groups is 1. The van der Waals surface area contributed by atoms with Gasteiger partial charge in [-0.25, -0.2) is 43.3 Å². The molecule has 9 aromatic rings. The van der Waals surface area contributed by atoms with Gasteiger partial charge in [-0.15, -0.1) is 23.5 Å². The first-order valence-electron chi connectivity index (χ1n) is 38.6. The van der Waals surface area contributed by atoms with Crippen LogP contribution in [0.5, 0.6) is 17.2 Å². The van der Waals surface area contributed by atoms with E-state index in [0.717, 1.165) is 109 Å². The predicted molar refractivity (Wildman–Crippen MR) is 470 cm³/mol. The molecule has 0 spiro atoms. The van der Waals surface area contributed by atoms with Crippen LogP contribution in [0, 0.1) is 0 Å². The Bertz CT molecular complexity index is 5740. The van der Waals surface area contributed by atoms with Gasteiger partial charge in [-0.05, 0) is 180 Å². The van der Waals surface area contributed by atoms with E-state index in [1.807, 2.05) is 116 Å². The summed E-state index contributed by atoms with van der Waals surface area (Å²) < 4.78 is 25.9. The molecule has 9 aromatic carbocycles. The van der Waals surface area contributed by atoms with Crippen molar-refractivity contribution in [3.05, 3.63) is 326 Å². The lowest BCUT2D eigenvalue weighted by molar-refractivity contribution is -0.136. The van der Waals surface area contributed by atoms with E-state index in [0.29, 0.717) is 64.9 Å². The molecule has 23 nitrogen and oxygen atoms in total. The first kappa shape index (κ1) is 90.9. The highest BCUT2D eigenvalue weighted by molar-refractivity contribution is 8.01. The molecular formula is C96H89ClN2O21S2. The Kier molecular flexibility index (Phi) is 31.3. The Morgan fingerprint density at radius 3 is 1.80 bits per heavy atom. The number of hydrogen-bond donors (Lipinski definition) is 9. The standard InChI is InChI=1S/C21H22O2S.C16H10O4.C14H15ClN2O3.C12H12O3.C12H12O2S.C11H10O3.C10H8O4/c1-20(2,3)15-10-11-18-16(12-15)17(13-19(22)23)21(4,24-18)14-8-6-5-7-9-14;17-15(18)13(10-6-2-1-3-7-10)14-11-8-4-5-9-12(11)20-16(14)19;1-3-20-12-10-7-5-4-6-9(10)11(8(2)13(18)19)16-14(15)17-12;1-2-8-3-4-11-10(5-8)9(7-15-11)6-12(13)14;13-12(14)8-9-4-3-7-15-11-6-2-1-5-10(9)11;12-10(11(13)14)9-6-5-7-3-1-2-4-8(7)9;11-10(12)5-9-7-3-1-2-4-8(7)13-6-14-9/h5-13H,1-4H3,(H,22,23);1-9H,(H,17,18);4-7,12H,3H2,1-2H3,(H,16,17)(H,18,19);3-6H,2,7H2,1H3,(H,13,14);1-2,5-6,8H,3-4,7H2,(H,13,14);1-4,12H,5-6H2,(H,13,14);1-5H,6H2,(H,11,12)/b17-13-;14-13-;11-8-;9-6+;9-8+;10-9-;9-5-. The van der Waals surface area contributed by atoms with Crippen LogP contribution in [-0.2, 0) is 70.8 Å². The van der Waals surface area contributed by atoms with E-state index in [2.05, 4.69) is 81.3 Å². The van der Waals surface area contributed by atoms with Crippen LogP contribution in [0.4, 0.5) is 0 Å². The summed E-state index contributed by atoms with van der Waals surface area (Å²) in [6.45, 7) is 15.0. The number of nitrogens with zero attached hydrogens (tertiary/aromatic N) is 1. The Morgan fingerprint density at radius 1 is 0.566 bits per heavy atom. The van der Waals surface area contributed by atoms with Gasteiger partial charge in [0.15, 0.2) is 11.5 Å². The van der Waals surface area contributed by atoms with Crippen molar-refractivity contribution >= 4 is 133 Å². The van der Waals surface area contributed by atoms with Crippen molar-refractivity contribution in [3.8, 4) is 17.2 Å². The number of carbonyl (C=O) groups excluding carboxylic acids is 1. The van der Waals surface area contributed by atoms with Crippen LogP contribution < -0.4 is 19.5 Å². The van der Waals surface area contributed by atoms with Crippen LogP contribution in [0.3, 0.4) is 0 Å². The fourth-order valence-corrected chi connectivity index (χ4v) is 16.5. The molecule has 0 saturated heterocycles. The molecule has 6 heterocycles. The van der Waals surface area contributed by atoms with Gasteiger partial charge in [0.2, 0.25) is 12.6 Å². The van der Waals surface area contributed by atoms with Crippen LogP contribution in [0.25, 0.3) is 44.9 Å². The number of rotatable bonds is 12. The van der Waals surface area contributed by atoms with E-state index in [9.17, 15) is 58.8 Å². The molecule has 9 N–H and O–H groups in total. The fraction of sp³-hybridized carbons (Fsp3) is 0.198. The van der Waals surface area contributed by atoms with Gasteiger partial charge in [0.25, 0.3) is 0 Å². The van der Waals surface area contributed by atoms with Gasteiger partial charge in [-0.1, -0.05) is 198 Å². The zero-order valence-corrected chi connectivity index (χ0v) is 70.0. The highest BCUT2D eigenvalue weighted by atomic mass is 35.5. The molecule has 26 heteroatoms. The number of esters is 1. The maximum atomic E-state index is 12.0. The summed E-state index contributed by atoms with van der Waals surface area (Å²) in [7, 11) is 0. The number of hydrogen-bond acceptors (Lipinski definition) is 18. The van der Waals surface area contributed by atoms with Gasteiger partial charge in [0.05, 0.1) is 38.8 Å². The summed E-state index contributed by atoms with van der Waals surface area (Å²) >= 11 is 9.55. The summed E-state index contributed by atoms with van der Waals surface area (Å²) in [4.78, 5) is 95.2. The highest BCUT2D eigenvalue weighted by Crippen LogP contribution is 2.59. The third kappa shape index (κ3) is 23.1. The fourth-order valence-electron chi connectivity index (χ4n) is 13.9. The lowest BCUT2D eigenvalue weighted by atomic mass is 9.82. The smallest absolute Gasteiger partial charge is 0.371 e. The molecule has 0 aromatic heterocycles. The van der Waals surface area contributed by atoms with Gasteiger partial charge in [0.1, 0.15) is 29.6 Å². The number of aliphatic hydroxyl groups excluding tert-OH is 1. The molecule has 6 aliphatic heterocycles. The number of carbonyl (C=O) groups is 8. The molecule has 2 unspecified atom stereocenters. The third-order valence-electron chi connectivity index (χ3n) is 19.8. The van der Waals surface area contributed by atoms with E-state index in [1.165, 1.54) is 41.2 Å². The number of allylic oxidation sites excluding steroid dienone is 2. The Hall–Kier alpha value is -13.5. The molecule has 7 aliphatic rings. The summed E-state index contributed by atoms with van der Waals surface area (Å²) in [5.41, 5.74) is 15.5. The number of aryl methyl sites for hydroxylation is 2. The van der Waals surface area contributed by atoms with Gasteiger partial charge >= 0.3 is 47.8 Å². The minimum atomic E-state index is -1.25. The quantitative estimate of drug-likeness (QED) is 0.0180. The molecule has 2 atom stereocenters. The van der Waals surface area contributed by atoms with Crippen LogP contribution >= 0.6 is 35.1 Å². The Morgan fingerprint density at radius 2 is 1.16 bits per heavy atom. The van der Waals surface area contributed by atoms with Gasteiger partial charge in [-0.2, -0.15) is 0 Å². The van der Waals surface area contributed by atoms with E-state index >= 15 is 0 Å². The zero-order chi connectivity index (χ0) is 88.0. The van der Waals surface area contributed by atoms with Crippen molar-refractivity contribution in [3.63, 3.8) is 0 Å². The molecular weight excluding hydrogens is 1620 g/mol. The normalized spacial score (nSPS) is 18.3. The highest BCUT2D eigenvalue weighted by Gasteiger charge is 2.42. The van der Waals surface area contributed by atoms with Crippen LogP contribution in [0.2, 0.25) is 0 Å². The number of aliphatic hydroxyl groups is 1. The summed E-state index contributed by atoms with van der Waals surface area (Å²) in [5, 5.41) is 75.1. The number of nitrogens with one attached hydrogen (secondary N) is 1. The van der Waals surface area contributed by atoms with Crippen molar-refractivity contribution in [2.24, 2.45) is 4.99 Å². The zero-order valence-electron chi connectivity index (χ0n) is 67.6. The number of benzene rings is 9. The maximum absolute atomic E-state index is 12.0. The van der Waals surface area contributed by atoms with E-state index < -0.39 is 64.5 Å². The molecule has 0 radical (unpaired) electrons. The average molecular weight is 1710 g/mol. The largest absolute Gasteiger partial charge is 0.502 e. The number of thioether (sulfide) groups is 2.